The Bertz CT molecular complexity index is 2270. The Labute approximate surface area is 323 Å². The van der Waals surface area contributed by atoms with Gasteiger partial charge < -0.3 is 14.4 Å². The van der Waals surface area contributed by atoms with Crippen molar-refractivity contribution in [3.05, 3.63) is 139 Å². The number of furan rings is 1. The number of fused-ring (bicyclic) bond motifs is 3. The number of rotatable bonds is 7. The van der Waals surface area contributed by atoms with Gasteiger partial charge in [-0.05, 0) is 76.1 Å². The van der Waals surface area contributed by atoms with Crippen LogP contribution in [0.15, 0.2) is 114 Å². The predicted octanol–water partition coefficient (Wildman–Crippen LogP) is 12.1. The summed E-state index contributed by atoms with van der Waals surface area (Å²) >= 11 is 0. The standard InChI is InChI=1S/C28H23FNO.C18H24NSi.Ir/c1-28(2,3)17-18-13-14-30-25(15-18)24-6-4-5-23-22-12-9-20(16-26(22)31-27(23)24)19-7-10-21(29)11-8-19;1-14(2)11-16-12-17(15-9-7-6-8-10-15)19-13-18(16)20(3,4)5;/h4-5,7-16H,17H2,1-3H3;6-9,12-14H,11H2,1-5H3;/q2*-1;. The molecule has 269 valence electrons. The van der Waals surface area contributed by atoms with Gasteiger partial charge >= 0.3 is 0 Å². The summed E-state index contributed by atoms with van der Waals surface area (Å²) in [5.74, 6) is 0.426. The fourth-order valence-electron chi connectivity index (χ4n) is 6.57. The second-order valence-electron chi connectivity index (χ2n) is 16.1. The smallest absolute Gasteiger partial charge is 0.123 e. The second kappa shape index (κ2) is 16.2. The maximum Gasteiger partial charge on any atom is 0.123 e. The Morgan fingerprint density at radius 1 is 0.788 bits per heavy atom. The number of hydrogen-bond acceptors (Lipinski definition) is 3. The van der Waals surface area contributed by atoms with E-state index in [1.807, 2.05) is 48.7 Å². The fraction of sp³-hybridized carbons (Fsp3) is 0.261. The van der Waals surface area contributed by atoms with Gasteiger partial charge in [-0.2, -0.15) is 0 Å². The average Bonchev–Trinajstić information content (AvgIpc) is 3.46. The summed E-state index contributed by atoms with van der Waals surface area (Å²) < 4.78 is 19.6. The Hall–Kier alpha value is -4.22. The van der Waals surface area contributed by atoms with Gasteiger partial charge in [0, 0.05) is 37.9 Å². The molecule has 3 nitrogen and oxygen atoms in total. The minimum Gasteiger partial charge on any atom is -0.501 e. The molecule has 7 rings (SSSR count). The van der Waals surface area contributed by atoms with Crippen molar-refractivity contribution in [2.24, 2.45) is 11.3 Å². The molecule has 0 bridgehead atoms. The molecular weight excluding hydrogens is 836 g/mol. The van der Waals surface area contributed by atoms with Crippen molar-refractivity contribution in [3.8, 4) is 33.6 Å². The molecule has 0 spiro atoms. The molecule has 0 aliphatic carbocycles. The molecule has 0 atom stereocenters. The van der Waals surface area contributed by atoms with E-state index in [1.54, 1.807) is 12.1 Å². The van der Waals surface area contributed by atoms with E-state index < -0.39 is 8.07 Å². The van der Waals surface area contributed by atoms with Crippen molar-refractivity contribution >= 4 is 35.2 Å². The summed E-state index contributed by atoms with van der Waals surface area (Å²) in [6.45, 7) is 18.4. The Kier molecular flexibility index (Phi) is 12.2. The molecule has 3 heterocycles. The summed E-state index contributed by atoms with van der Waals surface area (Å²) in [5, 5.41) is 3.57. The van der Waals surface area contributed by atoms with Gasteiger partial charge in [0.05, 0.1) is 13.7 Å². The third-order valence-corrected chi connectivity index (χ3v) is 10.9. The Morgan fingerprint density at radius 3 is 2.21 bits per heavy atom. The molecule has 0 fully saturated rings. The molecule has 4 aromatic carbocycles. The number of nitrogens with zero attached hydrogens (tertiary/aromatic N) is 2. The van der Waals surface area contributed by atoms with E-state index in [0.29, 0.717) is 5.92 Å². The van der Waals surface area contributed by atoms with Crippen LogP contribution in [-0.4, -0.2) is 18.0 Å². The molecule has 0 saturated heterocycles. The molecule has 6 heteroatoms. The Balaban J connectivity index is 0.000000217. The summed E-state index contributed by atoms with van der Waals surface area (Å²) in [7, 11) is -1.34. The molecule has 0 saturated carbocycles. The van der Waals surface area contributed by atoms with E-state index in [4.69, 9.17) is 4.42 Å². The van der Waals surface area contributed by atoms with Crippen LogP contribution in [0.3, 0.4) is 0 Å². The first-order valence-electron chi connectivity index (χ1n) is 17.8. The molecule has 52 heavy (non-hydrogen) atoms. The summed E-state index contributed by atoms with van der Waals surface area (Å²) in [4.78, 5) is 9.29. The first kappa shape index (κ1) is 39.0. The number of aromatic nitrogens is 2. The average molecular weight is 883 g/mol. The summed E-state index contributed by atoms with van der Waals surface area (Å²) in [6, 6.07) is 37.7. The van der Waals surface area contributed by atoms with Gasteiger partial charge in [0.2, 0.25) is 0 Å². The van der Waals surface area contributed by atoms with Crippen LogP contribution in [-0.2, 0) is 32.9 Å². The molecule has 3 aromatic heterocycles. The molecule has 0 amide bonds. The predicted molar refractivity (Wildman–Crippen MR) is 214 cm³/mol. The van der Waals surface area contributed by atoms with E-state index in [1.165, 1.54) is 28.4 Å². The largest absolute Gasteiger partial charge is 0.501 e. The monoisotopic (exact) mass is 883 g/mol. The topological polar surface area (TPSA) is 38.9 Å². The van der Waals surface area contributed by atoms with Crippen molar-refractivity contribution in [2.75, 3.05) is 0 Å². The summed E-state index contributed by atoms with van der Waals surface area (Å²) in [6.07, 6.45) is 6.07. The molecule has 0 aliphatic heterocycles. The molecule has 1 radical (unpaired) electrons. The molecule has 0 aliphatic rings. The van der Waals surface area contributed by atoms with Gasteiger partial charge in [-0.1, -0.05) is 113 Å². The van der Waals surface area contributed by atoms with Crippen molar-refractivity contribution in [1.29, 1.82) is 0 Å². The third kappa shape index (κ3) is 9.41. The zero-order valence-corrected chi connectivity index (χ0v) is 34.8. The van der Waals surface area contributed by atoms with Crippen molar-refractivity contribution in [1.82, 2.24) is 9.97 Å². The van der Waals surface area contributed by atoms with Crippen molar-refractivity contribution < 1.29 is 28.9 Å². The van der Waals surface area contributed by atoms with E-state index in [9.17, 15) is 4.39 Å². The van der Waals surface area contributed by atoms with Crippen LogP contribution in [0.4, 0.5) is 4.39 Å². The number of pyridine rings is 2. The molecule has 0 unspecified atom stereocenters. The van der Waals surface area contributed by atoms with Gasteiger partial charge in [-0.15, -0.1) is 54.1 Å². The first-order chi connectivity index (χ1) is 24.2. The van der Waals surface area contributed by atoms with Crippen molar-refractivity contribution in [3.63, 3.8) is 0 Å². The SMILES string of the molecule is CC(C)(C)Cc1ccnc(-c2[c-]ccc3c2oc2cc(-c4ccc(F)cc4)ccc23)c1.CC(C)Cc1cc(-c2[c-]cccc2)ncc1[Si](C)(C)C.[Ir]. The second-order valence-corrected chi connectivity index (χ2v) is 21.1. The van der Waals surface area contributed by atoms with Gasteiger partial charge in [0.1, 0.15) is 11.4 Å². The number of benzene rings is 4. The van der Waals surface area contributed by atoms with Gasteiger partial charge in [0.15, 0.2) is 0 Å². The van der Waals surface area contributed by atoms with Gasteiger partial charge in [-0.25, -0.2) is 4.39 Å². The normalized spacial score (nSPS) is 11.7. The molecular formula is C46H47FIrN2OSi-2. The molecule has 0 N–H and O–H groups in total. The zero-order valence-electron chi connectivity index (χ0n) is 31.4. The van der Waals surface area contributed by atoms with Gasteiger partial charge in [-0.3, -0.25) is 0 Å². The minimum absolute atomic E-state index is 0. The van der Waals surface area contributed by atoms with Crippen LogP contribution in [0.5, 0.6) is 0 Å². The third-order valence-electron chi connectivity index (χ3n) is 8.84. The maximum atomic E-state index is 13.3. The van der Waals surface area contributed by atoms with Crippen LogP contribution in [0.1, 0.15) is 45.7 Å². The fourth-order valence-corrected chi connectivity index (χ4v) is 8.16. The van der Waals surface area contributed by atoms with E-state index >= 15 is 0 Å². The van der Waals surface area contributed by atoms with Crippen LogP contribution in [0.25, 0.3) is 55.6 Å². The Morgan fingerprint density at radius 2 is 1.54 bits per heavy atom. The van der Waals surface area contributed by atoms with Crippen LogP contribution in [0.2, 0.25) is 19.6 Å². The van der Waals surface area contributed by atoms with Crippen LogP contribution in [0, 0.1) is 29.3 Å². The zero-order chi connectivity index (χ0) is 36.3. The van der Waals surface area contributed by atoms with Gasteiger partial charge in [0.25, 0.3) is 0 Å². The maximum absolute atomic E-state index is 13.3. The summed E-state index contributed by atoms with van der Waals surface area (Å²) in [5.41, 5.74) is 10.3. The number of halogens is 1. The van der Waals surface area contributed by atoms with E-state index in [2.05, 4.69) is 113 Å². The number of hydrogen-bond donors (Lipinski definition) is 0. The minimum atomic E-state index is -1.34. The molecule has 7 aromatic rings. The van der Waals surface area contributed by atoms with E-state index in [-0.39, 0.29) is 31.3 Å². The quantitative estimate of drug-likeness (QED) is 0.118. The van der Waals surface area contributed by atoms with E-state index in [0.717, 1.165) is 68.4 Å². The van der Waals surface area contributed by atoms with Crippen LogP contribution >= 0.6 is 0 Å². The van der Waals surface area contributed by atoms with Crippen LogP contribution < -0.4 is 5.19 Å². The first-order valence-corrected chi connectivity index (χ1v) is 21.3. The van der Waals surface area contributed by atoms with Crippen molar-refractivity contribution in [2.45, 2.75) is 67.1 Å².